The van der Waals surface area contributed by atoms with Gasteiger partial charge in [-0.25, -0.2) is 0 Å². The highest BCUT2D eigenvalue weighted by Crippen LogP contribution is 2.25. The van der Waals surface area contributed by atoms with Gasteiger partial charge in [0.25, 0.3) is 0 Å². The lowest BCUT2D eigenvalue weighted by Crippen LogP contribution is -2.49. The molecule has 1 rings (SSSR count). The second-order valence-electron chi connectivity index (χ2n) is 5.20. The van der Waals surface area contributed by atoms with Crippen molar-refractivity contribution in [3.8, 4) is 0 Å². The lowest BCUT2D eigenvalue weighted by atomic mass is 9.82. The molecule has 0 radical (unpaired) electrons. The molecule has 1 aliphatic rings. The number of nitrogens with one attached hydrogen (secondary N) is 3. The molecule has 1 atom stereocenters. The third kappa shape index (κ3) is 6.25. The number of hydrogen-bond acceptors (Lipinski definition) is 3. The average Bonchev–Trinajstić information content (AvgIpc) is 2.37. The predicted octanol–water partition coefficient (Wildman–Crippen LogP) is 0.830. The van der Waals surface area contributed by atoms with Gasteiger partial charge >= 0.3 is 0 Å². The van der Waals surface area contributed by atoms with Crippen LogP contribution < -0.4 is 16.0 Å². The van der Waals surface area contributed by atoms with Gasteiger partial charge in [-0.1, -0.05) is 6.92 Å². The van der Waals surface area contributed by atoms with Crippen molar-refractivity contribution in [2.24, 2.45) is 5.41 Å². The Balaban J connectivity index is 0.00000324. The van der Waals surface area contributed by atoms with Gasteiger partial charge in [0.05, 0.1) is 5.41 Å². The molecule has 1 fully saturated rings. The van der Waals surface area contributed by atoms with Gasteiger partial charge in [0.2, 0.25) is 11.8 Å². The van der Waals surface area contributed by atoms with E-state index in [0.29, 0.717) is 19.5 Å². The first kappa shape index (κ1) is 18.2. The van der Waals surface area contributed by atoms with Crippen LogP contribution in [0.25, 0.3) is 0 Å². The van der Waals surface area contributed by atoms with Gasteiger partial charge in [-0.2, -0.15) is 0 Å². The van der Waals surface area contributed by atoms with Crippen LogP contribution in [0.1, 0.15) is 39.5 Å². The summed E-state index contributed by atoms with van der Waals surface area (Å²) in [6.45, 7) is 6.83. The van der Waals surface area contributed by atoms with Crippen LogP contribution in [0.15, 0.2) is 0 Å². The molecule has 0 aromatic heterocycles. The van der Waals surface area contributed by atoms with Crippen LogP contribution in [0, 0.1) is 5.41 Å². The molecule has 0 aliphatic carbocycles. The van der Waals surface area contributed by atoms with Crippen LogP contribution in [0.2, 0.25) is 0 Å². The highest BCUT2D eigenvalue weighted by molar-refractivity contribution is 5.85. The summed E-state index contributed by atoms with van der Waals surface area (Å²) in [6, 6.07) is 0. The summed E-state index contributed by atoms with van der Waals surface area (Å²) < 4.78 is 0. The third-order valence-corrected chi connectivity index (χ3v) is 3.36. The first-order valence-corrected chi connectivity index (χ1v) is 6.84. The van der Waals surface area contributed by atoms with Gasteiger partial charge in [0, 0.05) is 26.1 Å². The first-order valence-electron chi connectivity index (χ1n) is 6.84. The zero-order chi connectivity index (χ0) is 13.4. The second kappa shape index (κ2) is 9.15. The molecule has 0 saturated carbocycles. The fourth-order valence-electron chi connectivity index (χ4n) is 2.11. The molecule has 112 valence electrons. The van der Waals surface area contributed by atoms with E-state index in [1.807, 2.05) is 13.8 Å². The lowest BCUT2D eigenvalue weighted by Gasteiger charge is -2.32. The summed E-state index contributed by atoms with van der Waals surface area (Å²) in [5.41, 5.74) is -0.321. The lowest BCUT2D eigenvalue weighted by molar-refractivity contribution is -0.131. The Kier molecular flexibility index (Phi) is 8.76. The van der Waals surface area contributed by atoms with Crippen molar-refractivity contribution in [3.05, 3.63) is 0 Å². The largest absolute Gasteiger partial charge is 0.356 e. The fourth-order valence-corrected chi connectivity index (χ4v) is 2.11. The summed E-state index contributed by atoms with van der Waals surface area (Å²) in [4.78, 5) is 23.4. The maximum atomic E-state index is 12.0. The molecule has 0 spiro atoms. The van der Waals surface area contributed by atoms with E-state index in [4.69, 9.17) is 0 Å². The van der Waals surface area contributed by atoms with E-state index >= 15 is 0 Å². The normalized spacial score (nSPS) is 22.2. The minimum atomic E-state index is -0.321. The van der Waals surface area contributed by atoms with E-state index in [9.17, 15) is 9.59 Å². The highest BCUT2D eigenvalue weighted by Gasteiger charge is 2.34. The Bertz CT molecular complexity index is 292. The Morgan fingerprint density at radius 2 is 2.00 bits per heavy atom. The Hall–Kier alpha value is -0.810. The van der Waals surface area contributed by atoms with Gasteiger partial charge in [0.1, 0.15) is 0 Å². The SMILES string of the molecule is CCCNC(=O)CCNC(=O)C1(C)CCCNC1.Cl. The molecule has 1 unspecified atom stereocenters. The molecule has 19 heavy (non-hydrogen) atoms. The van der Waals surface area contributed by atoms with Crippen LogP contribution in [0.4, 0.5) is 0 Å². The molecule has 0 aromatic rings. The van der Waals surface area contributed by atoms with Crippen LogP contribution in [-0.4, -0.2) is 38.0 Å². The van der Waals surface area contributed by atoms with Crippen molar-refractivity contribution in [2.45, 2.75) is 39.5 Å². The summed E-state index contributed by atoms with van der Waals surface area (Å²) >= 11 is 0. The van der Waals surface area contributed by atoms with Crippen molar-refractivity contribution in [2.75, 3.05) is 26.2 Å². The Morgan fingerprint density at radius 3 is 2.58 bits per heavy atom. The molecule has 3 N–H and O–H groups in total. The van der Waals surface area contributed by atoms with E-state index in [1.54, 1.807) is 0 Å². The molecular formula is C13H26ClN3O2. The monoisotopic (exact) mass is 291 g/mol. The number of carbonyl (C=O) groups is 2. The van der Waals surface area contributed by atoms with Gasteiger partial charge in [-0.3, -0.25) is 9.59 Å². The maximum absolute atomic E-state index is 12.0. The molecule has 1 saturated heterocycles. The fraction of sp³-hybridized carbons (Fsp3) is 0.846. The molecule has 0 aromatic carbocycles. The second-order valence-corrected chi connectivity index (χ2v) is 5.20. The number of amides is 2. The Labute approximate surface area is 121 Å². The van der Waals surface area contributed by atoms with Crippen molar-refractivity contribution in [1.29, 1.82) is 0 Å². The van der Waals surface area contributed by atoms with Crippen molar-refractivity contribution in [1.82, 2.24) is 16.0 Å². The van der Waals surface area contributed by atoms with Crippen molar-refractivity contribution >= 4 is 24.2 Å². The van der Waals surface area contributed by atoms with Crippen LogP contribution in [0.5, 0.6) is 0 Å². The molecule has 0 bridgehead atoms. The van der Waals surface area contributed by atoms with E-state index < -0.39 is 0 Å². The van der Waals surface area contributed by atoms with Crippen LogP contribution in [0.3, 0.4) is 0 Å². The van der Waals surface area contributed by atoms with Gasteiger partial charge in [-0.05, 0) is 32.7 Å². The molecule has 1 aliphatic heterocycles. The number of rotatable bonds is 6. The third-order valence-electron chi connectivity index (χ3n) is 3.36. The minimum Gasteiger partial charge on any atom is -0.356 e. The topological polar surface area (TPSA) is 70.2 Å². The molecule has 5 nitrogen and oxygen atoms in total. The van der Waals surface area contributed by atoms with Crippen molar-refractivity contribution < 1.29 is 9.59 Å². The van der Waals surface area contributed by atoms with Gasteiger partial charge in [0.15, 0.2) is 0 Å². The van der Waals surface area contributed by atoms with Crippen LogP contribution in [-0.2, 0) is 9.59 Å². The van der Waals surface area contributed by atoms with Crippen molar-refractivity contribution in [3.63, 3.8) is 0 Å². The molecule has 2 amide bonds. The summed E-state index contributed by atoms with van der Waals surface area (Å²) in [7, 11) is 0. The summed E-state index contributed by atoms with van der Waals surface area (Å²) in [5.74, 6) is 0.0575. The number of piperidine rings is 1. The zero-order valence-corrected chi connectivity index (χ0v) is 12.7. The summed E-state index contributed by atoms with van der Waals surface area (Å²) in [5, 5.41) is 8.90. The quantitative estimate of drug-likeness (QED) is 0.679. The minimum absolute atomic E-state index is 0. The smallest absolute Gasteiger partial charge is 0.227 e. The van der Waals surface area contributed by atoms with Gasteiger partial charge < -0.3 is 16.0 Å². The number of carbonyl (C=O) groups excluding carboxylic acids is 2. The molecule has 1 heterocycles. The molecule has 6 heteroatoms. The summed E-state index contributed by atoms with van der Waals surface area (Å²) in [6.07, 6.45) is 3.23. The standard InChI is InChI=1S/C13H25N3O2.ClH/c1-3-7-15-11(17)5-9-16-12(18)13(2)6-4-8-14-10-13;/h14H,3-10H2,1-2H3,(H,15,17)(H,16,18);1H. The van der Waals surface area contributed by atoms with Crippen LogP contribution >= 0.6 is 12.4 Å². The molecular weight excluding hydrogens is 266 g/mol. The van der Waals surface area contributed by atoms with E-state index in [0.717, 1.165) is 32.4 Å². The van der Waals surface area contributed by atoms with E-state index in [-0.39, 0.29) is 29.6 Å². The van der Waals surface area contributed by atoms with E-state index in [1.165, 1.54) is 0 Å². The predicted molar refractivity (Wildman–Crippen MR) is 78.4 cm³/mol. The zero-order valence-electron chi connectivity index (χ0n) is 11.9. The average molecular weight is 292 g/mol. The Morgan fingerprint density at radius 1 is 1.26 bits per heavy atom. The van der Waals surface area contributed by atoms with E-state index in [2.05, 4.69) is 16.0 Å². The number of halogens is 1. The maximum Gasteiger partial charge on any atom is 0.227 e. The first-order chi connectivity index (χ1) is 8.58. The number of hydrogen-bond donors (Lipinski definition) is 3. The highest BCUT2D eigenvalue weighted by atomic mass is 35.5. The van der Waals surface area contributed by atoms with Gasteiger partial charge in [-0.15, -0.1) is 12.4 Å².